The van der Waals surface area contributed by atoms with Crippen molar-refractivity contribution in [2.75, 3.05) is 7.11 Å². The molecule has 2 N–H and O–H groups in total. The van der Waals surface area contributed by atoms with Crippen molar-refractivity contribution in [3.63, 3.8) is 0 Å². The summed E-state index contributed by atoms with van der Waals surface area (Å²) >= 11 is 0. The highest BCUT2D eigenvalue weighted by Crippen LogP contribution is 2.27. The number of benzene rings is 1. The quantitative estimate of drug-likeness (QED) is 0.781. The predicted octanol–water partition coefficient (Wildman–Crippen LogP) is 2.02. The predicted molar refractivity (Wildman–Crippen MR) is 77.5 cm³/mol. The fourth-order valence-corrected chi connectivity index (χ4v) is 2.45. The standard InChI is InChI=1S/C16H23NO3/c1-10-4-7-13(11(2)8-10)16(19)14(9-15(18)20-3)17-12-5-6-12/h4,7-8,12,14,16-17,19H,5-6,9H2,1-3H3. The van der Waals surface area contributed by atoms with Crippen molar-refractivity contribution in [1.29, 1.82) is 0 Å². The highest BCUT2D eigenvalue weighted by molar-refractivity contribution is 5.70. The molecule has 4 heteroatoms. The molecule has 110 valence electrons. The molecule has 2 atom stereocenters. The van der Waals surface area contributed by atoms with Gasteiger partial charge in [0.25, 0.3) is 0 Å². The largest absolute Gasteiger partial charge is 0.469 e. The van der Waals surface area contributed by atoms with Gasteiger partial charge >= 0.3 is 5.97 Å². The first-order valence-corrected chi connectivity index (χ1v) is 7.09. The van der Waals surface area contributed by atoms with Crippen LogP contribution in [0.2, 0.25) is 0 Å². The molecule has 2 rings (SSSR count). The maximum absolute atomic E-state index is 11.5. The van der Waals surface area contributed by atoms with Crippen molar-refractivity contribution >= 4 is 5.97 Å². The third-order valence-corrected chi connectivity index (χ3v) is 3.77. The van der Waals surface area contributed by atoms with E-state index in [1.54, 1.807) is 0 Å². The first kappa shape index (κ1) is 15.0. The molecule has 0 radical (unpaired) electrons. The van der Waals surface area contributed by atoms with E-state index < -0.39 is 6.10 Å². The Morgan fingerprint density at radius 2 is 2.15 bits per heavy atom. The van der Waals surface area contributed by atoms with Crippen LogP contribution in [-0.4, -0.2) is 30.3 Å². The van der Waals surface area contributed by atoms with Crippen molar-refractivity contribution in [2.45, 2.75) is 51.3 Å². The van der Waals surface area contributed by atoms with Crippen molar-refractivity contribution < 1.29 is 14.6 Å². The minimum absolute atomic E-state index is 0.182. The zero-order chi connectivity index (χ0) is 14.7. The molecule has 1 aliphatic carbocycles. The Balaban J connectivity index is 2.15. The molecule has 0 spiro atoms. The van der Waals surface area contributed by atoms with E-state index in [-0.39, 0.29) is 18.4 Å². The lowest BCUT2D eigenvalue weighted by molar-refractivity contribution is -0.142. The average molecular weight is 277 g/mol. The number of ether oxygens (including phenoxy) is 1. The highest BCUT2D eigenvalue weighted by Gasteiger charge is 2.31. The first-order chi connectivity index (χ1) is 9.51. The number of methoxy groups -OCH3 is 1. The van der Waals surface area contributed by atoms with Gasteiger partial charge in [-0.05, 0) is 37.8 Å². The van der Waals surface area contributed by atoms with Crippen LogP contribution in [0.25, 0.3) is 0 Å². The van der Waals surface area contributed by atoms with E-state index in [1.807, 2.05) is 32.0 Å². The maximum atomic E-state index is 11.5. The van der Waals surface area contributed by atoms with Crippen molar-refractivity contribution in [2.24, 2.45) is 0 Å². The van der Waals surface area contributed by atoms with Crippen LogP contribution in [0.3, 0.4) is 0 Å². The maximum Gasteiger partial charge on any atom is 0.307 e. The molecule has 0 bridgehead atoms. The van der Waals surface area contributed by atoms with Gasteiger partial charge in [-0.1, -0.05) is 23.8 Å². The van der Waals surface area contributed by atoms with Gasteiger partial charge in [0, 0.05) is 12.1 Å². The lowest BCUT2D eigenvalue weighted by atomic mass is 9.94. The Bertz CT molecular complexity index is 483. The zero-order valence-corrected chi connectivity index (χ0v) is 12.3. The van der Waals surface area contributed by atoms with E-state index in [4.69, 9.17) is 4.74 Å². The summed E-state index contributed by atoms with van der Waals surface area (Å²) in [5.74, 6) is -0.299. The number of hydrogen-bond acceptors (Lipinski definition) is 4. The number of nitrogens with one attached hydrogen (secondary N) is 1. The van der Waals surface area contributed by atoms with Gasteiger partial charge < -0.3 is 15.2 Å². The highest BCUT2D eigenvalue weighted by atomic mass is 16.5. The normalized spacial score (nSPS) is 17.6. The van der Waals surface area contributed by atoms with Crippen molar-refractivity contribution in [1.82, 2.24) is 5.32 Å². The average Bonchev–Trinajstić information content (AvgIpc) is 3.21. The van der Waals surface area contributed by atoms with Crippen molar-refractivity contribution in [3.8, 4) is 0 Å². The summed E-state index contributed by atoms with van der Waals surface area (Å²) in [7, 11) is 1.38. The molecular formula is C16H23NO3. The smallest absolute Gasteiger partial charge is 0.307 e. The fraction of sp³-hybridized carbons (Fsp3) is 0.562. The zero-order valence-electron chi connectivity index (χ0n) is 12.3. The monoisotopic (exact) mass is 277 g/mol. The Morgan fingerprint density at radius 3 is 2.70 bits per heavy atom. The van der Waals surface area contributed by atoms with Crippen LogP contribution in [0.4, 0.5) is 0 Å². The van der Waals surface area contributed by atoms with E-state index in [9.17, 15) is 9.90 Å². The number of aliphatic hydroxyl groups is 1. The van der Waals surface area contributed by atoms with Gasteiger partial charge in [0.05, 0.1) is 19.6 Å². The minimum Gasteiger partial charge on any atom is -0.469 e. The molecule has 1 saturated carbocycles. The van der Waals surface area contributed by atoms with Crippen LogP contribution in [0.1, 0.15) is 42.1 Å². The number of carbonyl (C=O) groups excluding carboxylic acids is 1. The Hall–Kier alpha value is -1.39. The number of carbonyl (C=O) groups is 1. The van der Waals surface area contributed by atoms with Crippen molar-refractivity contribution in [3.05, 3.63) is 34.9 Å². The Kier molecular flexibility index (Phi) is 4.78. The lowest BCUT2D eigenvalue weighted by Crippen LogP contribution is -2.38. The molecule has 4 nitrogen and oxygen atoms in total. The number of aliphatic hydroxyl groups excluding tert-OH is 1. The second-order valence-corrected chi connectivity index (χ2v) is 5.63. The SMILES string of the molecule is COC(=O)CC(NC1CC1)C(O)c1ccc(C)cc1C. The number of rotatable bonds is 6. The van der Waals surface area contributed by atoms with E-state index in [1.165, 1.54) is 7.11 Å². The summed E-state index contributed by atoms with van der Waals surface area (Å²) in [5, 5.41) is 13.9. The van der Waals surface area contributed by atoms with Crippen LogP contribution in [0, 0.1) is 13.8 Å². The number of esters is 1. The van der Waals surface area contributed by atoms with Crippen LogP contribution in [-0.2, 0) is 9.53 Å². The molecule has 1 fully saturated rings. The van der Waals surface area contributed by atoms with Gasteiger partial charge in [0.15, 0.2) is 0 Å². The van der Waals surface area contributed by atoms with E-state index >= 15 is 0 Å². The fourth-order valence-electron chi connectivity index (χ4n) is 2.45. The summed E-state index contributed by atoms with van der Waals surface area (Å²) < 4.78 is 4.73. The summed E-state index contributed by atoms with van der Waals surface area (Å²) in [5.41, 5.74) is 3.08. The number of hydrogen-bond donors (Lipinski definition) is 2. The molecule has 0 aliphatic heterocycles. The summed E-state index contributed by atoms with van der Waals surface area (Å²) in [6.45, 7) is 4.01. The molecule has 0 amide bonds. The third-order valence-electron chi connectivity index (χ3n) is 3.77. The minimum atomic E-state index is -0.699. The van der Waals surface area contributed by atoms with Crippen LogP contribution < -0.4 is 5.32 Å². The second kappa shape index (κ2) is 6.37. The molecule has 2 unspecified atom stereocenters. The Labute approximate surface area is 120 Å². The Morgan fingerprint density at radius 1 is 1.45 bits per heavy atom. The third kappa shape index (κ3) is 3.81. The van der Waals surface area contributed by atoms with E-state index in [0.29, 0.717) is 6.04 Å². The molecule has 1 aliphatic rings. The summed E-state index contributed by atoms with van der Waals surface area (Å²) in [4.78, 5) is 11.5. The molecule has 0 saturated heterocycles. The molecule has 1 aromatic carbocycles. The van der Waals surface area contributed by atoms with Gasteiger partial charge in [-0.15, -0.1) is 0 Å². The van der Waals surface area contributed by atoms with E-state index in [2.05, 4.69) is 5.32 Å². The molecule has 0 aromatic heterocycles. The molecular weight excluding hydrogens is 254 g/mol. The molecule has 20 heavy (non-hydrogen) atoms. The van der Waals surface area contributed by atoms with Gasteiger partial charge in [0.1, 0.15) is 0 Å². The topological polar surface area (TPSA) is 58.6 Å². The summed E-state index contributed by atoms with van der Waals surface area (Å²) in [6.07, 6.45) is 1.70. The lowest BCUT2D eigenvalue weighted by Gasteiger charge is -2.25. The van der Waals surface area contributed by atoms with E-state index in [0.717, 1.165) is 29.5 Å². The summed E-state index contributed by atoms with van der Waals surface area (Å²) in [6, 6.07) is 6.10. The first-order valence-electron chi connectivity index (χ1n) is 7.09. The van der Waals surface area contributed by atoms with Gasteiger partial charge in [-0.2, -0.15) is 0 Å². The molecule has 1 aromatic rings. The van der Waals surface area contributed by atoms with Gasteiger partial charge in [0.2, 0.25) is 0 Å². The second-order valence-electron chi connectivity index (χ2n) is 5.63. The number of aryl methyl sites for hydroxylation is 2. The van der Waals surface area contributed by atoms with Crippen LogP contribution in [0.15, 0.2) is 18.2 Å². The van der Waals surface area contributed by atoms with Crippen LogP contribution in [0.5, 0.6) is 0 Å². The molecule has 0 heterocycles. The van der Waals surface area contributed by atoms with Gasteiger partial charge in [-0.3, -0.25) is 4.79 Å². The van der Waals surface area contributed by atoms with Crippen LogP contribution >= 0.6 is 0 Å². The van der Waals surface area contributed by atoms with Gasteiger partial charge in [-0.25, -0.2) is 0 Å².